The molecule has 0 saturated heterocycles. The second kappa shape index (κ2) is 28.7. The van der Waals surface area contributed by atoms with E-state index >= 15 is 0 Å². The molecule has 9 aromatic carbocycles. The van der Waals surface area contributed by atoms with Crippen molar-refractivity contribution in [2.75, 3.05) is 0 Å². The molecule has 9 aromatic rings. The standard InChI is InChI=1S/C22H18F3NO.C21H21P.C15H15NO.C7H4BrF3.CH4/c1-15(19-11-5-8-17-7-2-3-10-20(17)19)26-21(27)13-12-16-6-4-9-18(14-16)22(23,24)25;1-16-10-4-7-13-19(16)22(20-14-8-5-11-17(20)2)21-15-9-6-12-18(21)3;1-3-15(17)16-11(2)13-10-6-8-12-7-4-5-9-14(12)13;8-6-3-1-2-5(4-6)7(9,10)11;/h2-15H,1H3,(H,26,27);4-15H,1-3H3;3-11H,1H2,2H3,(H,16,17);1-4H;1H4/b13-12+;;;;/t15-;;11-;;/m1.1../s1. The number of halogens is 7. The average molecular weight is 1140 g/mol. The first-order chi connectivity index (χ1) is 36.7. The van der Waals surface area contributed by atoms with Gasteiger partial charge in [0.15, 0.2) is 0 Å². The van der Waals surface area contributed by atoms with E-state index in [0.29, 0.717) is 10.0 Å². The van der Waals surface area contributed by atoms with Gasteiger partial charge < -0.3 is 10.6 Å². The van der Waals surface area contributed by atoms with Gasteiger partial charge in [-0.3, -0.25) is 9.59 Å². The van der Waals surface area contributed by atoms with Crippen LogP contribution < -0.4 is 26.5 Å². The summed E-state index contributed by atoms with van der Waals surface area (Å²) in [6.07, 6.45) is -4.74. The molecular weight excluding hydrogens is 1080 g/mol. The zero-order valence-corrected chi connectivity index (χ0v) is 45.6. The van der Waals surface area contributed by atoms with Gasteiger partial charge in [-0.25, -0.2) is 0 Å². The third kappa shape index (κ3) is 17.2. The predicted molar refractivity (Wildman–Crippen MR) is 317 cm³/mol. The number of nitrogens with one attached hydrogen (secondary N) is 2. The second-order valence-electron chi connectivity index (χ2n) is 18.0. The van der Waals surface area contributed by atoms with Crippen molar-refractivity contribution in [2.45, 2.75) is 66.5 Å². The van der Waals surface area contributed by atoms with E-state index in [2.05, 4.69) is 145 Å². The first kappa shape index (κ1) is 61.3. The first-order valence-electron chi connectivity index (χ1n) is 24.6. The van der Waals surface area contributed by atoms with Gasteiger partial charge in [0.25, 0.3) is 0 Å². The highest BCUT2D eigenvalue weighted by Gasteiger charge is 2.31. The topological polar surface area (TPSA) is 58.2 Å². The fourth-order valence-electron chi connectivity index (χ4n) is 8.43. The van der Waals surface area contributed by atoms with Gasteiger partial charge in [-0.15, -0.1) is 0 Å². The van der Waals surface area contributed by atoms with Crippen molar-refractivity contribution in [3.8, 4) is 0 Å². The maximum atomic E-state index is 12.8. The zero-order chi connectivity index (χ0) is 55.7. The SMILES string of the molecule is C.C=CC(=O)N[C@H](C)c1cccc2ccccc12.C[C@@H](NC(=O)/C=C/c1cccc(C(F)(F)F)c1)c1cccc2ccccc12.Cc1ccccc1P(c1ccccc1C)c1ccccc1C.FC(F)(F)c1cccc(Br)c1. The number of rotatable bonds is 10. The molecule has 4 nitrogen and oxygen atoms in total. The van der Waals surface area contributed by atoms with E-state index in [4.69, 9.17) is 0 Å². The molecule has 402 valence electrons. The maximum absolute atomic E-state index is 12.8. The Morgan fingerprint density at radius 2 is 0.872 bits per heavy atom. The molecule has 12 heteroatoms. The summed E-state index contributed by atoms with van der Waals surface area (Å²) in [6, 6.07) is 64.0. The van der Waals surface area contributed by atoms with Crippen LogP contribution in [-0.4, -0.2) is 11.8 Å². The minimum Gasteiger partial charge on any atom is -0.346 e. The fourth-order valence-corrected chi connectivity index (χ4v) is 11.6. The number of carbonyl (C=O) groups excluding carboxylic acids is 2. The van der Waals surface area contributed by atoms with Gasteiger partial charge in [0, 0.05) is 10.5 Å². The van der Waals surface area contributed by atoms with Crippen LogP contribution in [0.15, 0.2) is 229 Å². The van der Waals surface area contributed by atoms with Gasteiger partial charge in [0.05, 0.1) is 23.2 Å². The van der Waals surface area contributed by atoms with Crippen molar-refractivity contribution in [1.29, 1.82) is 0 Å². The average Bonchev–Trinajstić information content (AvgIpc) is 3.47. The lowest BCUT2D eigenvalue weighted by Crippen LogP contribution is -2.25. The molecule has 0 spiro atoms. The molecule has 78 heavy (non-hydrogen) atoms. The van der Waals surface area contributed by atoms with E-state index in [0.717, 1.165) is 46.2 Å². The lowest BCUT2D eigenvalue weighted by Gasteiger charge is -2.24. The minimum absolute atomic E-state index is 0. The summed E-state index contributed by atoms with van der Waals surface area (Å²) in [6.45, 7) is 14.0. The van der Waals surface area contributed by atoms with Gasteiger partial charge in [0.1, 0.15) is 0 Å². The number of carbonyl (C=O) groups is 2. The Hall–Kier alpha value is -7.59. The third-order valence-corrected chi connectivity index (χ3v) is 15.8. The Morgan fingerprint density at radius 1 is 0.500 bits per heavy atom. The summed E-state index contributed by atoms with van der Waals surface area (Å²) >= 11 is 2.95. The van der Waals surface area contributed by atoms with Crippen LogP contribution >= 0.6 is 23.9 Å². The minimum atomic E-state index is -4.41. The molecule has 9 rings (SSSR count). The molecule has 2 atom stereocenters. The normalized spacial score (nSPS) is 11.9. The molecule has 0 heterocycles. The smallest absolute Gasteiger partial charge is 0.346 e. The Morgan fingerprint density at radius 3 is 1.28 bits per heavy atom. The lowest BCUT2D eigenvalue weighted by atomic mass is 10.00. The van der Waals surface area contributed by atoms with Gasteiger partial charge in [-0.1, -0.05) is 206 Å². The summed E-state index contributed by atoms with van der Waals surface area (Å²) in [4.78, 5) is 23.5. The van der Waals surface area contributed by atoms with Crippen LogP contribution in [-0.2, 0) is 21.9 Å². The van der Waals surface area contributed by atoms with Gasteiger partial charge in [-0.2, -0.15) is 26.3 Å². The summed E-state index contributed by atoms with van der Waals surface area (Å²) in [7, 11) is -0.508. The summed E-state index contributed by atoms with van der Waals surface area (Å²) in [5, 5.41) is 14.6. The van der Waals surface area contributed by atoms with E-state index in [1.54, 1.807) is 6.07 Å². The van der Waals surface area contributed by atoms with Gasteiger partial charge in [0.2, 0.25) is 11.8 Å². The van der Waals surface area contributed by atoms with E-state index < -0.39 is 31.4 Å². The molecule has 0 aliphatic rings. The molecule has 0 aliphatic heterocycles. The first-order valence-corrected chi connectivity index (χ1v) is 26.7. The number of aryl methyl sites for hydroxylation is 3. The summed E-state index contributed by atoms with van der Waals surface area (Å²) in [5.41, 5.74) is 5.17. The van der Waals surface area contributed by atoms with Crippen LogP contribution in [0.1, 0.15) is 77.9 Å². The van der Waals surface area contributed by atoms with Crippen molar-refractivity contribution < 1.29 is 35.9 Å². The van der Waals surface area contributed by atoms with Crippen molar-refractivity contribution in [3.05, 3.63) is 274 Å². The number of amides is 2. The van der Waals surface area contributed by atoms with Crippen LogP contribution in [0, 0.1) is 20.8 Å². The highest BCUT2D eigenvalue weighted by atomic mass is 79.9. The van der Waals surface area contributed by atoms with Crippen LogP contribution in [0.25, 0.3) is 27.6 Å². The summed E-state index contributed by atoms with van der Waals surface area (Å²) in [5.74, 6) is -0.515. The zero-order valence-electron chi connectivity index (χ0n) is 43.1. The molecular formula is C66H62BrF6N2O2P. The molecule has 2 N–H and O–H groups in total. The van der Waals surface area contributed by atoms with E-state index in [-0.39, 0.29) is 31.3 Å². The number of benzene rings is 9. The van der Waals surface area contributed by atoms with Crippen LogP contribution in [0.5, 0.6) is 0 Å². The molecule has 0 saturated carbocycles. The van der Waals surface area contributed by atoms with E-state index in [9.17, 15) is 35.9 Å². The second-order valence-corrected chi connectivity index (χ2v) is 21.0. The predicted octanol–water partition coefficient (Wildman–Crippen LogP) is 17.4. The Kier molecular flexibility index (Phi) is 22.5. The van der Waals surface area contributed by atoms with Crippen molar-refractivity contribution in [3.63, 3.8) is 0 Å². The van der Waals surface area contributed by atoms with Crippen molar-refractivity contribution >= 4 is 79.2 Å². The molecule has 0 bridgehead atoms. The molecule has 0 unspecified atom stereocenters. The quantitative estimate of drug-likeness (QED) is 0.0814. The Bertz CT molecular complexity index is 3360. The number of alkyl halides is 6. The van der Waals surface area contributed by atoms with Crippen LogP contribution in [0.4, 0.5) is 26.3 Å². The molecule has 0 aliphatic carbocycles. The molecule has 0 fully saturated rings. The number of fused-ring (bicyclic) bond motifs is 2. The van der Waals surface area contributed by atoms with Gasteiger partial charge >= 0.3 is 12.4 Å². The largest absolute Gasteiger partial charge is 0.416 e. The van der Waals surface area contributed by atoms with Crippen molar-refractivity contribution in [1.82, 2.24) is 10.6 Å². The van der Waals surface area contributed by atoms with E-state index in [1.807, 2.05) is 80.6 Å². The van der Waals surface area contributed by atoms with Crippen LogP contribution in [0.2, 0.25) is 0 Å². The molecule has 2 amide bonds. The molecule has 0 radical (unpaired) electrons. The Labute approximate surface area is 463 Å². The Balaban J connectivity index is 0.000000199. The molecule has 0 aromatic heterocycles. The summed E-state index contributed by atoms with van der Waals surface area (Å²) < 4.78 is 74.5. The monoisotopic (exact) mass is 1140 g/mol. The highest BCUT2D eigenvalue weighted by molar-refractivity contribution is 9.10. The number of hydrogen-bond donors (Lipinski definition) is 2. The third-order valence-electron chi connectivity index (χ3n) is 12.3. The number of hydrogen-bond acceptors (Lipinski definition) is 2. The highest BCUT2D eigenvalue weighted by Crippen LogP contribution is 2.37. The fraction of sp³-hybridized carbons (Fsp3) is 0.152. The lowest BCUT2D eigenvalue weighted by molar-refractivity contribution is -0.138. The van der Waals surface area contributed by atoms with E-state index in [1.165, 1.54) is 79.8 Å². The van der Waals surface area contributed by atoms with Crippen LogP contribution in [0.3, 0.4) is 0 Å². The maximum Gasteiger partial charge on any atom is 0.416 e. The van der Waals surface area contributed by atoms with Crippen molar-refractivity contribution in [2.24, 2.45) is 0 Å². The van der Waals surface area contributed by atoms with Gasteiger partial charge in [-0.05, 0) is 156 Å².